The minimum Gasteiger partial charge on any atom is -0.310 e. The summed E-state index contributed by atoms with van der Waals surface area (Å²) >= 11 is 0. The van der Waals surface area contributed by atoms with Crippen LogP contribution in [-0.2, 0) is 6.54 Å². The Labute approximate surface area is 113 Å². The summed E-state index contributed by atoms with van der Waals surface area (Å²) in [6, 6.07) is 7.88. The lowest BCUT2D eigenvalue weighted by atomic mass is 10.1. The predicted octanol–water partition coefficient (Wildman–Crippen LogP) is 2.02. The van der Waals surface area contributed by atoms with Crippen molar-refractivity contribution >= 4 is 0 Å². The number of benzene rings is 1. The number of hydrogen-bond donors (Lipinski definition) is 1. The Hall–Kier alpha value is -1.44. The minimum atomic E-state index is -0.316. The third kappa shape index (κ3) is 2.94. The van der Waals surface area contributed by atoms with Crippen LogP contribution in [0, 0.1) is 17.1 Å². The topological polar surface area (TPSA) is 39.1 Å². The smallest absolute Gasteiger partial charge is 0.124 e. The second-order valence-electron chi connectivity index (χ2n) is 5.62. The summed E-state index contributed by atoms with van der Waals surface area (Å²) in [5.41, 5.74) is 1.30. The molecule has 0 spiro atoms. The Morgan fingerprint density at radius 3 is 2.95 bits per heavy atom. The van der Waals surface area contributed by atoms with Crippen LogP contribution in [0.15, 0.2) is 18.2 Å². The van der Waals surface area contributed by atoms with Crippen molar-refractivity contribution in [2.24, 2.45) is 0 Å². The molecular weight excluding hydrogens is 241 g/mol. The van der Waals surface area contributed by atoms with Crippen LogP contribution >= 0.6 is 0 Å². The molecule has 2 aliphatic rings. The zero-order valence-electron chi connectivity index (χ0n) is 10.9. The molecule has 0 radical (unpaired) electrons. The molecule has 1 aromatic carbocycles. The fourth-order valence-corrected chi connectivity index (χ4v) is 3.22. The molecule has 2 saturated heterocycles. The summed E-state index contributed by atoms with van der Waals surface area (Å²) in [6.45, 7) is 2.80. The molecule has 2 heterocycles. The molecule has 3 nitrogen and oxygen atoms in total. The molecule has 2 aliphatic heterocycles. The van der Waals surface area contributed by atoms with E-state index in [0.717, 1.165) is 31.6 Å². The van der Waals surface area contributed by atoms with Crippen molar-refractivity contribution in [3.05, 3.63) is 35.1 Å². The van der Waals surface area contributed by atoms with E-state index >= 15 is 0 Å². The predicted molar refractivity (Wildman–Crippen MR) is 71.0 cm³/mol. The number of nitriles is 1. The monoisotopic (exact) mass is 259 g/mol. The number of halogens is 1. The first-order valence-corrected chi connectivity index (χ1v) is 6.91. The normalized spacial score (nSPS) is 26.9. The second kappa shape index (κ2) is 5.28. The molecule has 2 bridgehead atoms. The third-order valence-corrected chi connectivity index (χ3v) is 4.10. The number of nitrogens with one attached hydrogen (secondary N) is 1. The fraction of sp³-hybridized carbons (Fsp3) is 0.533. The van der Waals surface area contributed by atoms with Crippen LogP contribution < -0.4 is 5.32 Å². The van der Waals surface area contributed by atoms with E-state index in [4.69, 9.17) is 5.26 Å². The van der Waals surface area contributed by atoms with Gasteiger partial charge in [0.05, 0.1) is 11.6 Å². The first-order chi connectivity index (χ1) is 9.22. The summed E-state index contributed by atoms with van der Waals surface area (Å²) in [5, 5.41) is 12.5. The van der Waals surface area contributed by atoms with Crippen LogP contribution in [0.1, 0.15) is 30.4 Å². The van der Waals surface area contributed by atoms with Crippen molar-refractivity contribution in [2.45, 2.75) is 37.9 Å². The van der Waals surface area contributed by atoms with Crippen LogP contribution in [0.3, 0.4) is 0 Å². The van der Waals surface area contributed by atoms with Crippen molar-refractivity contribution in [2.75, 3.05) is 13.1 Å². The SMILES string of the molecule is N#Cc1cc(F)cc(CN2CCC3CCC(C2)N3)c1. The van der Waals surface area contributed by atoms with E-state index in [2.05, 4.69) is 10.2 Å². The Morgan fingerprint density at radius 2 is 2.11 bits per heavy atom. The van der Waals surface area contributed by atoms with Gasteiger partial charge in [-0.25, -0.2) is 4.39 Å². The summed E-state index contributed by atoms with van der Waals surface area (Å²) in [5.74, 6) is -0.316. The lowest BCUT2D eigenvalue weighted by molar-refractivity contribution is 0.250. The number of likely N-dealkylation sites (tertiary alicyclic amines) is 1. The van der Waals surface area contributed by atoms with Crippen molar-refractivity contribution in [3.63, 3.8) is 0 Å². The molecule has 2 unspecified atom stereocenters. The quantitative estimate of drug-likeness (QED) is 0.883. The summed E-state index contributed by atoms with van der Waals surface area (Å²) in [7, 11) is 0. The Bertz CT molecular complexity index is 509. The number of rotatable bonds is 2. The van der Waals surface area contributed by atoms with Gasteiger partial charge in [-0.2, -0.15) is 5.26 Å². The van der Waals surface area contributed by atoms with E-state index in [0.29, 0.717) is 17.6 Å². The van der Waals surface area contributed by atoms with Gasteiger partial charge in [0.1, 0.15) is 5.82 Å². The van der Waals surface area contributed by atoms with Crippen molar-refractivity contribution in [3.8, 4) is 6.07 Å². The summed E-state index contributed by atoms with van der Waals surface area (Å²) < 4.78 is 13.4. The average Bonchev–Trinajstić information content (AvgIpc) is 2.72. The molecule has 4 heteroatoms. The van der Waals surface area contributed by atoms with E-state index in [1.54, 1.807) is 6.07 Å². The number of nitrogens with zero attached hydrogens (tertiary/aromatic N) is 2. The van der Waals surface area contributed by atoms with Gasteiger partial charge in [-0.1, -0.05) is 0 Å². The first-order valence-electron chi connectivity index (χ1n) is 6.91. The second-order valence-corrected chi connectivity index (χ2v) is 5.62. The maximum Gasteiger partial charge on any atom is 0.124 e. The molecule has 0 aliphatic carbocycles. The zero-order valence-corrected chi connectivity index (χ0v) is 10.9. The van der Waals surface area contributed by atoms with Gasteiger partial charge in [0.2, 0.25) is 0 Å². The molecule has 1 N–H and O–H groups in total. The van der Waals surface area contributed by atoms with Crippen LogP contribution in [-0.4, -0.2) is 30.1 Å². The molecule has 1 aromatic rings. The molecular formula is C15H18FN3. The van der Waals surface area contributed by atoms with Crippen LogP contribution in [0.2, 0.25) is 0 Å². The highest BCUT2D eigenvalue weighted by atomic mass is 19.1. The van der Waals surface area contributed by atoms with Gasteiger partial charge in [-0.15, -0.1) is 0 Å². The fourth-order valence-electron chi connectivity index (χ4n) is 3.22. The van der Waals surface area contributed by atoms with Crippen LogP contribution in [0.4, 0.5) is 4.39 Å². The lowest BCUT2D eigenvalue weighted by Gasteiger charge is -2.24. The van der Waals surface area contributed by atoms with Gasteiger partial charge >= 0.3 is 0 Å². The summed E-state index contributed by atoms with van der Waals surface area (Å²) in [4.78, 5) is 2.37. The van der Waals surface area contributed by atoms with Gasteiger partial charge in [0.25, 0.3) is 0 Å². The highest BCUT2D eigenvalue weighted by Crippen LogP contribution is 2.22. The minimum absolute atomic E-state index is 0.316. The average molecular weight is 259 g/mol. The maximum atomic E-state index is 13.4. The molecule has 2 atom stereocenters. The zero-order chi connectivity index (χ0) is 13.2. The number of fused-ring (bicyclic) bond motifs is 2. The van der Waals surface area contributed by atoms with Gasteiger partial charge in [-0.05, 0) is 43.0 Å². The van der Waals surface area contributed by atoms with Crippen LogP contribution in [0.5, 0.6) is 0 Å². The Morgan fingerprint density at radius 1 is 1.26 bits per heavy atom. The molecule has 0 amide bonds. The molecule has 3 rings (SSSR count). The number of hydrogen-bond acceptors (Lipinski definition) is 3. The van der Waals surface area contributed by atoms with Gasteiger partial charge < -0.3 is 5.32 Å². The largest absolute Gasteiger partial charge is 0.310 e. The van der Waals surface area contributed by atoms with E-state index in [1.807, 2.05) is 6.07 Å². The molecule has 19 heavy (non-hydrogen) atoms. The maximum absolute atomic E-state index is 13.4. The molecule has 2 fully saturated rings. The van der Waals surface area contributed by atoms with Crippen molar-refractivity contribution < 1.29 is 4.39 Å². The van der Waals surface area contributed by atoms with Crippen molar-refractivity contribution in [1.82, 2.24) is 10.2 Å². The molecule has 0 saturated carbocycles. The van der Waals surface area contributed by atoms with Crippen LogP contribution in [0.25, 0.3) is 0 Å². The lowest BCUT2D eigenvalue weighted by Crippen LogP contribution is -2.34. The van der Waals surface area contributed by atoms with Gasteiger partial charge in [0, 0.05) is 31.7 Å². The Kier molecular flexibility index (Phi) is 3.50. The van der Waals surface area contributed by atoms with Gasteiger partial charge in [-0.3, -0.25) is 4.90 Å². The third-order valence-electron chi connectivity index (χ3n) is 4.10. The highest BCUT2D eigenvalue weighted by Gasteiger charge is 2.29. The van der Waals surface area contributed by atoms with E-state index in [-0.39, 0.29) is 5.82 Å². The molecule has 100 valence electrons. The standard InChI is InChI=1S/C15H18FN3/c16-13-6-11(8-17)5-12(7-13)9-19-4-3-14-1-2-15(10-19)18-14/h5-7,14-15,18H,1-4,9-10H2. The van der Waals surface area contributed by atoms with E-state index in [1.165, 1.54) is 25.0 Å². The molecule has 0 aromatic heterocycles. The Balaban J connectivity index is 1.71. The van der Waals surface area contributed by atoms with Gasteiger partial charge in [0.15, 0.2) is 0 Å². The van der Waals surface area contributed by atoms with E-state index in [9.17, 15) is 4.39 Å². The first kappa shape index (κ1) is 12.6. The van der Waals surface area contributed by atoms with E-state index < -0.39 is 0 Å². The highest BCUT2D eigenvalue weighted by molar-refractivity contribution is 5.33. The van der Waals surface area contributed by atoms with Crippen molar-refractivity contribution in [1.29, 1.82) is 5.26 Å². The summed E-state index contributed by atoms with van der Waals surface area (Å²) in [6.07, 6.45) is 3.70.